The maximum Gasteiger partial charge on any atom is 0.244 e. The van der Waals surface area contributed by atoms with Gasteiger partial charge in [0.25, 0.3) is 0 Å². The smallest absolute Gasteiger partial charge is 0.244 e. The Morgan fingerprint density at radius 2 is 1.66 bits per heavy atom. The third kappa shape index (κ3) is 7.90. The number of anilines is 1. The van der Waals surface area contributed by atoms with Crippen molar-refractivity contribution in [3.8, 4) is 5.75 Å². The Bertz CT molecular complexity index is 1190. The summed E-state index contributed by atoms with van der Waals surface area (Å²) in [5.74, 6) is -0.623. The van der Waals surface area contributed by atoms with E-state index in [-0.39, 0.29) is 29.2 Å². The molecule has 2 amide bonds. The zero-order valence-corrected chi connectivity index (χ0v) is 23.1. The minimum Gasteiger partial charge on any atom is -0.495 e. The lowest BCUT2D eigenvalue weighted by Gasteiger charge is -2.32. The highest BCUT2D eigenvalue weighted by Crippen LogP contribution is 2.30. The molecule has 2 aromatic carbocycles. The van der Waals surface area contributed by atoms with Crippen LogP contribution in [0.3, 0.4) is 0 Å². The number of nitrogens with one attached hydrogen (secondary N) is 1. The quantitative estimate of drug-likeness (QED) is 0.463. The summed E-state index contributed by atoms with van der Waals surface area (Å²) < 4.78 is 31.3. The van der Waals surface area contributed by atoms with Gasteiger partial charge < -0.3 is 15.0 Å². The fourth-order valence-electron chi connectivity index (χ4n) is 3.25. The summed E-state index contributed by atoms with van der Waals surface area (Å²) in [6.45, 7) is 4.62. The summed E-state index contributed by atoms with van der Waals surface area (Å²) in [7, 11) is -2.45. The number of benzene rings is 2. The lowest BCUT2D eigenvalue weighted by Crippen LogP contribution is -2.52. The molecule has 0 bridgehead atoms. The Labute approximate surface area is 221 Å². The Kier molecular flexibility index (Phi) is 10.1. The van der Waals surface area contributed by atoms with Gasteiger partial charge in [-0.05, 0) is 56.7 Å². The summed E-state index contributed by atoms with van der Waals surface area (Å²) in [6, 6.07) is 8.19. The molecule has 2 aromatic rings. The molecule has 192 valence electrons. The molecule has 0 saturated carbocycles. The molecule has 0 aromatic heterocycles. The van der Waals surface area contributed by atoms with Gasteiger partial charge in [0.1, 0.15) is 18.3 Å². The summed E-state index contributed by atoms with van der Waals surface area (Å²) in [6.07, 6.45) is 0.983. The van der Waals surface area contributed by atoms with Gasteiger partial charge in [-0.15, -0.1) is 0 Å². The third-order valence-electron chi connectivity index (χ3n) is 5.04. The molecule has 12 heteroatoms. The van der Waals surface area contributed by atoms with Crippen molar-refractivity contribution in [3.05, 3.63) is 57.0 Å². The van der Waals surface area contributed by atoms with Crippen molar-refractivity contribution in [3.63, 3.8) is 0 Å². The van der Waals surface area contributed by atoms with Gasteiger partial charge >= 0.3 is 0 Å². The van der Waals surface area contributed by atoms with Gasteiger partial charge in [0.05, 0.1) is 34.1 Å². The Morgan fingerprint density at radius 3 is 2.17 bits per heavy atom. The zero-order chi connectivity index (χ0) is 26.5. The van der Waals surface area contributed by atoms with Gasteiger partial charge in [0, 0.05) is 12.6 Å². The van der Waals surface area contributed by atoms with Gasteiger partial charge in [-0.25, -0.2) is 8.42 Å². The van der Waals surface area contributed by atoms with E-state index in [2.05, 4.69) is 5.32 Å². The number of methoxy groups -OCH3 is 1. The molecule has 0 aliphatic heterocycles. The number of hydrogen-bond donors (Lipinski definition) is 1. The second-order valence-corrected chi connectivity index (χ2v) is 11.3. The molecule has 0 saturated heterocycles. The fourth-order valence-corrected chi connectivity index (χ4v) is 4.66. The van der Waals surface area contributed by atoms with Crippen molar-refractivity contribution in [2.24, 2.45) is 0 Å². The normalized spacial score (nSPS) is 12.3. The summed E-state index contributed by atoms with van der Waals surface area (Å²) >= 11 is 18.3. The number of sulfonamides is 1. The number of nitrogens with zero attached hydrogens (tertiary/aromatic N) is 2. The fraction of sp³-hybridized carbons (Fsp3) is 0.391. The molecule has 0 heterocycles. The van der Waals surface area contributed by atoms with E-state index in [0.29, 0.717) is 21.4 Å². The van der Waals surface area contributed by atoms with Crippen LogP contribution in [0.15, 0.2) is 36.4 Å². The van der Waals surface area contributed by atoms with E-state index in [0.717, 1.165) is 10.6 Å². The first kappa shape index (κ1) is 29.0. The van der Waals surface area contributed by atoms with E-state index in [9.17, 15) is 18.0 Å². The van der Waals surface area contributed by atoms with Crippen LogP contribution in [-0.2, 0) is 26.2 Å². The van der Waals surface area contributed by atoms with Crippen LogP contribution in [0.5, 0.6) is 5.75 Å². The lowest BCUT2D eigenvalue weighted by atomic mass is 10.1. The van der Waals surface area contributed by atoms with Gasteiger partial charge in [0.2, 0.25) is 21.8 Å². The van der Waals surface area contributed by atoms with Crippen molar-refractivity contribution in [1.29, 1.82) is 0 Å². The highest BCUT2D eigenvalue weighted by molar-refractivity contribution is 7.92. The van der Waals surface area contributed by atoms with Crippen molar-refractivity contribution < 1.29 is 22.7 Å². The van der Waals surface area contributed by atoms with Crippen LogP contribution in [0.1, 0.15) is 26.3 Å². The van der Waals surface area contributed by atoms with Crippen molar-refractivity contribution in [1.82, 2.24) is 10.2 Å². The maximum absolute atomic E-state index is 13.5. The molecule has 1 atom stereocenters. The number of amides is 2. The number of ether oxygens (including phenoxy) is 1. The van der Waals surface area contributed by atoms with Gasteiger partial charge in [-0.1, -0.05) is 40.9 Å². The molecule has 1 N–H and O–H groups in total. The maximum atomic E-state index is 13.5. The predicted octanol–water partition coefficient (Wildman–Crippen LogP) is 4.36. The average Bonchev–Trinajstić information content (AvgIpc) is 2.76. The van der Waals surface area contributed by atoms with Crippen LogP contribution in [0, 0.1) is 0 Å². The van der Waals surface area contributed by atoms with Crippen LogP contribution in [0.2, 0.25) is 15.1 Å². The standard InChI is InChI=1S/C23H28Cl3N3O5S/c1-14(2)27-23(31)15(3)28(12-16-6-8-18(24)19(25)10-16)22(30)13-29(35(5,32)33)17-7-9-21(34-4)20(26)11-17/h6-11,14-15H,12-13H2,1-5H3,(H,27,31). The topological polar surface area (TPSA) is 96.0 Å². The van der Waals surface area contributed by atoms with Crippen LogP contribution in [-0.4, -0.2) is 57.1 Å². The highest BCUT2D eigenvalue weighted by Gasteiger charge is 2.30. The molecule has 0 spiro atoms. The van der Waals surface area contributed by atoms with E-state index >= 15 is 0 Å². The minimum atomic E-state index is -3.89. The van der Waals surface area contributed by atoms with Crippen molar-refractivity contribution in [2.75, 3.05) is 24.2 Å². The number of rotatable bonds is 10. The predicted molar refractivity (Wildman–Crippen MR) is 140 cm³/mol. The molecule has 1 unspecified atom stereocenters. The molecule has 2 rings (SSSR count). The summed E-state index contributed by atoms with van der Waals surface area (Å²) in [5, 5.41) is 3.60. The summed E-state index contributed by atoms with van der Waals surface area (Å²) in [5.41, 5.74) is 0.802. The molecule has 0 aliphatic carbocycles. The molecule has 8 nitrogen and oxygen atoms in total. The van der Waals surface area contributed by atoms with E-state index < -0.39 is 28.5 Å². The largest absolute Gasteiger partial charge is 0.495 e. The van der Waals surface area contributed by atoms with Crippen LogP contribution < -0.4 is 14.4 Å². The van der Waals surface area contributed by atoms with E-state index in [1.54, 1.807) is 39.0 Å². The Morgan fingerprint density at radius 1 is 1.00 bits per heavy atom. The van der Waals surface area contributed by atoms with E-state index in [1.165, 1.54) is 30.2 Å². The first-order chi connectivity index (χ1) is 16.2. The number of carbonyl (C=O) groups excluding carboxylic acids is 2. The molecule has 0 radical (unpaired) electrons. The number of halogens is 3. The van der Waals surface area contributed by atoms with Crippen LogP contribution in [0.25, 0.3) is 0 Å². The molecular formula is C23H28Cl3N3O5S. The molecule has 35 heavy (non-hydrogen) atoms. The van der Waals surface area contributed by atoms with Crippen molar-refractivity contribution >= 4 is 62.3 Å². The molecule has 0 aliphatic rings. The molecular weight excluding hydrogens is 537 g/mol. The number of carbonyl (C=O) groups is 2. The van der Waals surface area contributed by atoms with Gasteiger partial charge in [-0.2, -0.15) is 0 Å². The highest BCUT2D eigenvalue weighted by atomic mass is 35.5. The second-order valence-electron chi connectivity index (χ2n) is 8.20. The van der Waals surface area contributed by atoms with E-state index in [4.69, 9.17) is 39.5 Å². The van der Waals surface area contributed by atoms with Crippen LogP contribution in [0.4, 0.5) is 5.69 Å². The van der Waals surface area contributed by atoms with Gasteiger partial charge in [-0.3, -0.25) is 13.9 Å². The Balaban J connectivity index is 2.44. The number of hydrogen-bond acceptors (Lipinski definition) is 5. The first-order valence-corrected chi connectivity index (χ1v) is 13.6. The Hall–Kier alpha value is -2.20. The SMILES string of the molecule is COc1ccc(N(CC(=O)N(Cc2ccc(Cl)c(Cl)c2)C(C)C(=O)NC(C)C)S(C)(=O)=O)cc1Cl. The van der Waals surface area contributed by atoms with Crippen molar-refractivity contribution in [2.45, 2.75) is 39.4 Å². The monoisotopic (exact) mass is 563 g/mol. The minimum absolute atomic E-state index is 0.00335. The lowest BCUT2D eigenvalue weighted by molar-refractivity contribution is -0.139. The first-order valence-electron chi connectivity index (χ1n) is 10.6. The average molecular weight is 565 g/mol. The van der Waals surface area contributed by atoms with E-state index in [1.807, 2.05) is 0 Å². The van der Waals surface area contributed by atoms with Gasteiger partial charge in [0.15, 0.2) is 0 Å². The van der Waals surface area contributed by atoms with Crippen LogP contribution >= 0.6 is 34.8 Å². The summed E-state index contributed by atoms with van der Waals surface area (Å²) in [4.78, 5) is 27.5. The second kappa shape index (κ2) is 12.2. The third-order valence-corrected chi connectivity index (χ3v) is 7.21. The molecule has 0 fully saturated rings. The zero-order valence-electron chi connectivity index (χ0n) is 20.0.